The van der Waals surface area contributed by atoms with Gasteiger partial charge >= 0.3 is 0 Å². The number of phenolic OH excluding ortho intramolecular Hbond substituents is 1. The molecule has 0 aliphatic rings. The van der Waals surface area contributed by atoms with Gasteiger partial charge in [-0.15, -0.1) is 0 Å². The van der Waals surface area contributed by atoms with Gasteiger partial charge in [0.05, 0.1) is 13.7 Å². The largest absolute Gasteiger partial charge is 0.507 e. The van der Waals surface area contributed by atoms with Crippen LogP contribution in [0.15, 0.2) is 18.2 Å². The standard InChI is InChI=1S/C14H22N2O3/c1-9(2)16-14(18)8-15-10(3)12-6-5-11(19-4)7-13(12)17/h5-7,9-10,15,17H,8H2,1-4H3,(H,16,18). The number of carbonyl (C=O) groups excluding carboxylic acids is 1. The third-order valence-corrected chi connectivity index (χ3v) is 2.72. The molecule has 0 spiro atoms. The lowest BCUT2D eigenvalue weighted by Crippen LogP contribution is -2.38. The molecule has 3 N–H and O–H groups in total. The fraction of sp³-hybridized carbons (Fsp3) is 0.500. The van der Waals surface area contributed by atoms with Crippen molar-refractivity contribution in [3.8, 4) is 11.5 Å². The number of amides is 1. The van der Waals surface area contributed by atoms with E-state index in [-0.39, 0.29) is 30.3 Å². The average Bonchev–Trinajstić information content (AvgIpc) is 2.35. The quantitative estimate of drug-likeness (QED) is 0.731. The van der Waals surface area contributed by atoms with E-state index in [4.69, 9.17) is 4.74 Å². The van der Waals surface area contributed by atoms with E-state index < -0.39 is 0 Å². The van der Waals surface area contributed by atoms with Gasteiger partial charge in [0, 0.05) is 23.7 Å². The summed E-state index contributed by atoms with van der Waals surface area (Å²) in [5, 5.41) is 15.8. The van der Waals surface area contributed by atoms with Crippen molar-refractivity contribution in [2.24, 2.45) is 0 Å². The average molecular weight is 266 g/mol. The van der Waals surface area contributed by atoms with Crippen molar-refractivity contribution in [3.63, 3.8) is 0 Å². The molecule has 1 atom stereocenters. The molecule has 0 bridgehead atoms. The van der Waals surface area contributed by atoms with Crippen molar-refractivity contribution < 1.29 is 14.6 Å². The Morgan fingerprint density at radius 3 is 2.58 bits per heavy atom. The number of methoxy groups -OCH3 is 1. The Balaban J connectivity index is 2.58. The first-order valence-electron chi connectivity index (χ1n) is 6.33. The summed E-state index contributed by atoms with van der Waals surface area (Å²) in [6, 6.07) is 5.12. The van der Waals surface area contributed by atoms with Crippen molar-refractivity contribution in [2.45, 2.75) is 32.9 Å². The molecule has 1 unspecified atom stereocenters. The minimum atomic E-state index is -0.121. The normalized spacial score (nSPS) is 12.3. The van der Waals surface area contributed by atoms with E-state index in [1.54, 1.807) is 25.3 Å². The number of rotatable bonds is 6. The van der Waals surface area contributed by atoms with Gasteiger partial charge in [-0.25, -0.2) is 0 Å². The predicted octanol–water partition coefficient (Wildman–Crippen LogP) is 1.58. The van der Waals surface area contributed by atoms with Gasteiger partial charge in [0.1, 0.15) is 11.5 Å². The number of phenols is 1. The predicted molar refractivity (Wildman–Crippen MR) is 74.4 cm³/mol. The van der Waals surface area contributed by atoms with Crippen LogP contribution in [0, 0.1) is 0 Å². The molecule has 5 nitrogen and oxygen atoms in total. The number of ether oxygens (including phenoxy) is 1. The van der Waals surface area contributed by atoms with Gasteiger partial charge in [-0.05, 0) is 26.8 Å². The number of hydrogen-bond acceptors (Lipinski definition) is 4. The van der Waals surface area contributed by atoms with Crippen molar-refractivity contribution in [1.82, 2.24) is 10.6 Å². The van der Waals surface area contributed by atoms with Crippen molar-refractivity contribution in [3.05, 3.63) is 23.8 Å². The first kappa shape index (κ1) is 15.3. The highest BCUT2D eigenvalue weighted by atomic mass is 16.5. The van der Waals surface area contributed by atoms with Crippen LogP contribution in [0.3, 0.4) is 0 Å². The zero-order chi connectivity index (χ0) is 14.4. The van der Waals surface area contributed by atoms with Crippen LogP contribution in [0.25, 0.3) is 0 Å². The summed E-state index contributed by atoms with van der Waals surface area (Å²) in [5.41, 5.74) is 0.734. The van der Waals surface area contributed by atoms with Gasteiger partial charge < -0.3 is 20.5 Å². The zero-order valence-corrected chi connectivity index (χ0v) is 11.9. The van der Waals surface area contributed by atoms with Crippen LogP contribution in [0.5, 0.6) is 11.5 Å². The zero-order valence-electron chi connectivity index (χ0n) is 11.9. The molecular formula is C14H22N2O3. The third kappa shape index (κ3) is 4.79. The van der Waals surface area contributed by atoms with Crippen molar-refractivity contribution in [2.75, 3.05) is 13.7 Å². The molecule has 0 saturated carbocycles. The van der Waals surface area contributed by atoms with E-state index in [9.17, 15) is 9.90 Å². The molecule has 0 heterocycles. The second kappa shape index (κ2) is 6.99. The van der Waals surface area contributed by atoms with E-state index in [2.05, 4.69) is 10.6 Å². The molecule has 0 radical (unpaired) electrons. The first-order valence-corrected chi connectivity index (χ1v) is 6.33. The number of benzene rings is 1. The smallest absolute Gasteiger partial charge is 0.234 e. The van der Waals surface area contributed by atoms with Crippen LogP contribution >= 0.6 is 0 Å². The lowest BCUT2D eigenvalue weighted by Gasteiger charge is -2.16. The molecule has 106 valence electrons. The highest BCUT2D eigenvalue weighted by Crippen LogP contribution is 2.27. The summed E-state index contributed by atoms with van der Waals surface area (Å²) in [7, 11) is 1.55. The monoisotopic (exact) mass is 266 g/mol. The second-order valence-electron chi connectivity index (χ2n) is 4.75. The lowest BCUT2D eigenvalue weighted by molar-refractivity contribution is -0.120. The van der Waals surface area contributed by atoms with E-state index in [0.717, 1.165) is 5.56 Å². The molecule has 19 heavy (non-hydrogen) atoms. The Morgan fingerprint density at radius 2 is 2.05 bits per heavy atom. The van der Waals surface area contributed by atoms with E-state index in [1.807, 2.05) is 20.8 Å². The Hall–Kier alpha value is -1.75. The molecule has 5 heteroatoms. The van der Waals surface area contributed by atoms with Gasteiger partial charge in [-0.1, -0.05) is 6.07 Å². The third-order valence-electron chi connectivity index (χ3n) is 2.72. The van der Waals surface area contributed by atoms with Crippen molar-refractivity contribution in [1.29, 1.82) is 0 Å². The summed E-state index contributed by atoms with van der Waals surface area (Å²) in [4.78, 5) is 11.5. The summed E-state index contributed by atoms with van der Waals surface area (Å²) >= 11 is 0. The Morgan fingerprint density at radius 1 is 1.37 bits per heavy atom. The number of nitrogens with one attached hydrogen (secondary N) is 2. The van der Waals surface area contributed by atoms with Gasteiger partial charge in [0.15, 0.2) is 0 Å². The number of hydrogen-bond donors (Lipinski definition) is 3. The van der Waals surface area contributed by atoms with Gasteiger partial charge in [0.2, 0.25) is 5.91 Å². The summed E-state index contributed by atoms with van der Waals surface area (Å²) in [5.74, 6) is 0.699. The fourth-order valence-electron chi connectivity index (χ4n) is 1.75. The molecule has 1 amide bonds. The summed E-state index contributed by atoms with van der Waals surface area (Å²) in [6.07, 6.45) is 0. The summed E-state index contributed by atoms with van der Waals surface area (Å²) < 4.78 is 5.03. The SMILES string of the molecule is COc1ccc(C(C)NCC(=O)NC(C)C)c(O)c1. The first-order chi connectivity index (χ1) is 8.93. The molecule has 1 aromatic carbocycles. The minimum absolute atomic E-state index is 0.0603. The van der Waals surface area contributed by atoms with Gasteiger partial charge in [-0.2, -0.15) is 0 Å². The van der Waals surface area contributed by atoms with Crippen LogP contribution in [0.1, 0.15) is 32.4 Å². The van der Waals surface area contributed by atoms with Gasteiger partial charge in [0.25, 0.3) is 0 Å². The van der Waals surface area contributed by atoms with Crippen LogP contribution in [0.2, 0.25) is 0 Å². The lowest BCUT2D eigenvalue weighted by atomic mass is 10.1. The Bertz CT molecular complexity index is 433. The molecule has 1 aromatic rings. The van der Waals surface area contributed by atoms with E-state index in [0.29, 0.717) is 5.75 Å². The maximum absolute atomic E-state index is 11.5. The Kier molecular flexibility index (Phi) is 5.63. The van der Waals surface area contributed by atoms with Crippen LogP contribution in [0.4, 0.5) is 0 Å². The van der Waals surface area contributed by atoms with Crippen LogP contribution in [-0.2, 0) is 4.79 Å². The highest BCUT2D eigenvalue weighted by molar-refractivity contribution is 5.78. The van der Waals surface area contributed by atoms with Crippen molar-refractivity contribution >= 4 is 5.91 Å². The van der Waals surface area contributed by atoms with Gasteiger partial charge in [-0.3, -0.25) is 4.79 Å². The Labute approximate surface area is 114 Å². The second-order valence-corrected chi connectivity index (χ2v) is 4.75. The molecule has 0 fully saturated rings. The topological polar surface area (TPSA) is 70.6 Å². The molecule has 0 saturated heterocycles. The number of carbonyl (C=O) groups is 1. The maximum Gasteiger partial charge on any atom is 0.234 e. The van der Waals surface area contributed by atoms with Crippen LogP contribution in [-0.4, -0.2) is 30.7 Å². The maximum atomic E-state index is 11.5. The van der Waals surface area contributed by atoms with E-state index >= 15 is 0 Å². The molecule has 0 aliphatic carbocycles. The van der Waals surface area contributed by atoms with Crippen LogP contribution < -0.4 is 15.4 Å². The number of aromatic hydroxyl groups is 1. The van der Waals surface area contributed by atoms with E-state index in [1.165, 1.54) is 0 Å². The minimum Gasteiger partial charge on any atom is -0.507 e. The fourth-order valence-corrected chi connectivity index (χ4v) is 1.75. The summed E-state index contributed by atoms with van der Waals surface area (Å²) in [6.45, 7) is 5.93. The highest BCUT2D eigenvalue weighted by Gasteiger charge is 2.12. The molecule has 0 aromatic heterocycles. The molecule has 0 aliphatic heterocycles. The molecular weight excluding hydrogens is 244 g/mol. The molecule has 1 rings (SSSR count).